The summed E-state index contributed by atoms with van der Waals surface area (Å²) in [6, 6.07) is 13.6. The van der Waals surface area contributed by atoms with E-state index in [0.717, 1.165) is 0 Å². The van der Waals surface area contributed by atoms with Gasteiger partial charge in [0.1, 0.15) is 12.4 Å². The van der Waals surface area contributed by atoms with Crippen molar-refractivity contribution in [2.75, 3.05) is 34.0 Å². The first kappa shape index (κ1) is 19.1. The van der Waals surface area contributed by atoms with Gasteiger partial charge in [0.25, 0.3) is 5.91 Å². The van der Waals surface area contributed by atoms with E-state index in [1.54, 1.807) is 43.5 Å². The third-order valence-corrected chi connectivity index (χ3v) is 3.40. The number of benzene rings is 2. The van der Waals surface area contributed by atoms with Gasteiger partial charge < -0.3 is 24.3 Å². The van der Waals surface area contributed by atoms with E-state index in [-0.39, 0.29) is 12.5 Å². The van der Waals surface area contributed by atoms with E-state index >= 15 is 0 Å². The van der Waals surface area contributed by atoms with E-state index in [1.807, 2.05) is 12.1 Å². The summed E-state index contributed by atoms with van der Waals surface area (Å²) < 4.78 is 20.7. The third-order valence-electron chi connectivity index (χ3n) is 3.40. The molecule has 0 radical (unpaired) electrons. The number of esters is 1. The molecule has 26 heavy (non-hydrogen) atoms. The zero-order valence-electron chi connectivity index (χ0n) is 14.7. The molecule has 0 bridgehead atoms. The molecule has 1 N–H and O–H groups in total. The second kappa shape index (κ2) is 9.93. The van der Waals surface area contributed by atoms with Gasteiger partial charge in [-0.3, -0.25) is 4.79 Å². The standard InChI is InChI=1S/C19H21NO6/c1-23-16-5-3-4-6-17(16)25-12-11-20-18(21)13-26-15-9-7-14(8-10-15)19(22)24-2/h3-10H,11-13H2,1-2H3,(H,20,21). The number of carbonyl (C=O) groups excluding carboxylic acids is 2. The Kier molecular flexibility index (Phi) is 7.30. The van der Waals surface area contributed by atoms with E-state index in [0.29, 0.717) is 36.0 Å². The van der Waals surface area contributed by atoms with Gasteiger partial charge in [-0.1, -0.05) is 12.1 Å². The van der Waals surface area contributed by atoms with E-state index in [1.165, 1.54) is 7.11 Å². The highest BCUT2D eigenvalue weighted by atomic mass is 16.5. The van der Waals surface area contributed by atoms with Crippen LogP contribution in [-0.4, -0.2) is 45.9 Å². The Balaban J connectivity index is 1.68. The molecule has 0 unspecified atom stereocenters. The maximum Gasteiger partial charge on any atom is 0.337 e. The lowest BCUT2D eigenvalue weighted by Gasteiger charge is -2.11. The lowest BCUT2D eigenvalue weighted by molar-refractivity contribution is -0.123. The molecule has 0 aliphatic carbocycles. The van der Waals surface area contributed by atoms with Crippen molar-refractivity contribution in [1.82, 2.24) is 5.32 Å². The minimum absolute atomic E-state index is 0.133. The van der Waals surface area contributed by atoms with Crippen LogP contribution in [0.5, 0.6) is 17.2 Å². The lowest BCUT2D eigenvalue weighted by atomic mass is 10.2. The summed E-state index contributed by atoms with van der Waals surface area (Å²) >= 11 is 0. The highest BCUT2D eigenvalue weighted by Gasteiger charge is 2.07. The van der Waals surface area contributed by atoms with Crippen molar-refractivity contribution >= 4 is 11.9 Å². The summed E-state index contributed by atoms with van der Waals surface area (Å²) in [6.45, 7) is 0.508. The van der Waals surface area contributed by atoms with Gasteiger partial charge in [0.15, 0.2) is 18.1 Å². The molecule has 7 heteroatoms. The topological polar surface area (TPSA) is 83.1 Å². The Labute approximate surface area is 151 Å². The molecule has 0 atom stereocenters. The molecule has 0 aliphatic heterocycles. The van der Waals surface area contributed by atoms with Crippen molar-refractivity contribution in [3.63, 3.8) is 0 Å². The molecular weight excluding hydrogens is 338 g/mol. The van der Waals surface area contributed by atoms with Crippen LogP contribution in [0.3, 0.4) is 0 Å². The van der Waals surface area contributed by atoms with Crippen LogP contribution in [0.1, 0.15) is 10.4 Å². The molecule has 7 nitrogen and oxygen atoms in total. The van der Waals surface area contributed by atoms with Crippen LogP contribution < -0.4 is 19.5 Å². The molecule has 2 rings (SSSR count). The molecule has 0 fully saturated rings. The van der Waals surface area contributed by atoms with Gasteiger partial charge in [0.05, 0.1) is 26.3 Å². The van der Waals surface area contributed by atoms with Gasteiger partial charge >= 0.3 is 5.97 Å². The van der Waals surface area contributed by atoms with Crippen molar-refractivity contribution < 1.29 is 28.5 Å². The maximum absolute atomic E-state index is 11.8. The first-order valence-electron chi connectivity index (χ1n) is 7.97. The Morgan fingerprint density at radius 3 is 2.27 bits per heavy atom. The summed E-state index contributed by atoms with van der Waals surface area (Å²) in [6.07, 6.45) is 0. The SMILES string of the molecule is COC(=O)c1ccc(OCC(=O)NCCOc2ccccc2OC)cc1. The number of hydrogen-bond donors (Lipinski definition) is 1. The average molecular weight is 359 g/mol. The number of amides is 1. The fourth-order valence-electron chi connectivity index (χ4n) is 2.09. The number of hydrogen-bond acceptors (Lipinski definition) is 6. The predicted molar refractivity (Wildman–Crippen MR) is 94.8 cm³/mol. The highest BCUT2D eigenvalue weighted by molar-refractivity contribution is 5.89. The number of methoxy groups -OCH3 is 2. The molecule has 0 saturated heterocycles. The Hall–Kier alpha value is -3.22. The molecule has 138 valence electrons. The van der Waals surface area contributed by atoms with Crippen molar-refractivity contribution in [3.8, 4) is 17.2 Å². The van der Waals surface area contributed by atoms with E-state index in [4.69, 9.17) is 14.2 Å². The van der Waals surface area contributed by atoms with Gasteiger partial charge in [-0.05, 0) is 36.4 Å². The molecular formula is C19H21NO6. The van der Waals surface area contributed by atoms with E-state index in [9.17, 15) is 9.59 Å². The number of carbonyl (C=O) groups is 2. The van der Waals surface area contributed by atoms with Gasteiger partial charge in [0.2, 0.25) is 0 Å². The van der Waals surface area contributed by atoms with Gasteiger partial charge in [-0.2, -0.15) is 0 Å². The van der Waals surface area contributed by atoms with Crippen LogP contribution in [0.2, 0.25) is 0 Å². The monoisotopic (exact) mass is 359 g/mol. The minimum atomic E-state index is -0.427. The number of ether oxygens (including phenoxy) is 4. The molecule has 2 aromatic rings. The molecule has 0 spiro atoms. The smallest absolute Gasteiger partial charge is 0.337 e. The predicted octanol–water partition coefficient (Wildman–Crippen LogP) is 2.06. The fraction of sp³-hybridized carbons (Fsp3) is 0.263. The fourth-order valence-corrected chi connectivity index (χ4v) is 2.09. The second-order valence-electron chi connectivity index (χ2n) is 5.15. The van der Waals surface area contributed by atoms with Crippen LogP contribution in [0.15, 0.2) is 48.5 Å². The average Bonchev–Trinajstić information content (AvgIpc) is 2.69. The first-order chi connectivity index (χ1) is 12.6. The lowest BCUT2D eigenvalue weighted by Crippen LogP contribution is -2.32. The van der Waals surface area contributed by atoms with Crippen LogP contribution in [-0.2, 0) is 9.53 Å². The quantitative estimate of drug-likeness (QED) is 0.545. The van der Waals surface area contributed by atoms with Gasteiger partial charge in [0, 0.05) is 0 Å². The number of para-hydroxylation sites is 2. The Morgan fingerprint density at radius 1 is 0.923 bits per heavy atom. The van der Waals surface area contributed by atoms with Crippen molar-refractivity contribution in [3.05, 3.63) is 54.1 Å². The highest BCUT2D eigenvalue weighted by Crippen LogP contribution is 2.25. The molecule has 0 heterocycles. The summed E-state index contributed by atoms with van der Waals surface area (Å²) in [4.78, 5) is 23.1. The Morgan fingerprint density at radius 2 is 1.62 bits per heavy atom. The van der Waals surface area contributed by atoms with Crippen molar-refractivity contribution in [1.29, 1.82) is 0 Å². The van der Waals surface area contributed by atoms with E-state index in [2.05, 4.69) is 10.1 Å². The van der Waals surface area contributed by atoms with Crippen molar-refractivity contribution in [2.45, 2.75) is 0 Å². The third kappa shape index (κ3) is 5.70. The maximum atomic E-state index is 11.8. The molecule has 1 amide bonds. The number of nitrogens with one attached hydrogen (secondary N) is 1. The summed E-state index contributed by atoms with van der Waals surface area (Å²) in [5, 5.41) is 2.70. The van der Waals surface area contributed by atoms with Crippen LogP contribution in [0.4, 0.5) is 0 Å². The largest absolute Gasteiger partial charge is 0.493 e. The van der Waals surface area contributed by atoms with Crippen molar-refractivity contribution in [2.24, 2.45) is 0 Å². The summed E-state index contributed by atoms with van der Waals surface area (Å²) in [7, 11) is 2.88. The van der Waals surface area contributed by atoms with Gasteiger partial charge in [-0.25, -0.2) is 4.79 Å². The van der Waals surface area contributed by atoms with Gasteiger partial charge in [-0.15, -0.1) is 0 Å². The normalized spacial score (nSPS) is 9.92. The molecule has 0 aromatic heterocycles. The summed E-state index contributed by atoms with van der Waals surface area (Å²) in [5.41, 5.74) is 0.415. The number of rotatable bonds is 9. The van der Waals surface area contributed by atoms with Crippen LogP contribution >= 0.6 is 0 Å². The zero-order valence-corrected chi connectivity index (χ0v) is 14.7. The summed E-state index contributed by atoms with van der Waals surface area (Å²) in [5.74, 6) is 1.04. The zero-order chi connectivity index (χ0) is 18.8. The Bertz CT molecular complexity index is 729. The molecule has 0 aliphatic rings. The minimum Gasteiger partial charge on any atom is -0.493 e. The van der Waals surface area contributed by atoms with E-state index < -0.39 is 5.97 Å². The van der Waals surface area contributed by atoms with Crippen LogP contribution in [0, 0.1) is 0 Å². The van der Waals surface area contributed by atoms with Crippen LogP contribution in [0.25, 0.3) is 0 Å². The molecule has 2 aromatic carbocycles. The second-order valence-corrected chi connectivity index (χ2v) is 5.15. The molecule has 0 saturated carbocycles. The first-order valence-corrected chi connectivity index (χ1v) is 7.97.